The largest absolute Gasteiger partial charge is 0.478 e. The standard InChI is InChI=1S/C15H20N4O3/c1-4-20-13-7-11(5-6-16-13)14-17-18-15(22-14)12-9-19(3)8-10(2)21-12/h5-7,10,12H,4,8-9H2,1-3H3/t10-,12-/m1/s1. The minimum absolute atomic E-state index is 0.143. The van der Waals surface area contributed by atoms with Crippen LogP contribution in [-0.4, -0.2) is 52.9 Å². The van der Waals surface area contributed by atoms with Crippen molar-refractivity contribution in [1.29, 1.82) is 0 Å². The Morgan fingerprint density at radius 1 is 1.36 bits per heavy atom. The van der Waals surface area contributed by atoms with Gasteiger partial charge in [0.25, 0.3) is 0 Å². The monoisotopic (exact) mass is 304 g/mol. The van der Waals surface area contributed by atoms with Crippen molar-refractivity contribution in [2.24, 2.45) is 0 Å². The molecule has 1 aliphatic heterocycles. The molecule has 2 atom stereocenters. The van der Waals surface area contributed by atoms with Gasteiger partial charge in [0.05, 0.1) is 12.7 Å². The molecule has 1 aliphatic rings. The highest BCUT2D eigenvalue weighted by Crippen LogP contribution is 2.27. The van der Waals surface area contributed by atoms with Crippen LogP contribution in [0.5, 0.6) is 5.88 Å². The second-order valence-electron chi connectivity index (χ2n) is 5.42. The van der Waals surface area contributed by atoms with Crippen molar-refractivity contribution in [1.82, 2.24) is 20.1 Å². The Hall–Kier alpha value is -1.99. The maximum atomic E-state index is 5.88. The molecule has 0 unspecified atom stereocenters. The molecule has 3 rings (SSSR count). The van der Waals surface area contributed by atoms with E-state index in [0.717, 1.165) is 18.7 Å². The van der Waals surface area contributed by atoms with E-state index in [1.807, 2.05) is 19.9 Å². The van der Waals surface area contributed by atoms with Crippen molar-refractivity contribution in [3.63, 3.8) is 0 Å². The average molecular weight is 304 g/mol. The molecule has 0 radical (unpaired) electrons. The van der Waals surface area contributed by atoms with E-state index in [-0.39, 0.29) is 12.2 Å². The highest BCUT2D eigenvalue weighted by atomic mass is 16.5. The summed E-state index contributed by atoms with van der Waals surface area (Å²) in [5, 5.41) is 8.25. The molecule has 1 saturated heterocycles. The van der Waals surface area contributed by atoms with Crippen LogP contribution in [-0.2, 0) is 4.74 Å². The van der Waals surface area contributed by atoms with Gasteiger partial charge >= 0.3 is 0 Å². The van der Waals surface area contributed by atoms with Crippen LogP contribution in [0.4, 0.5) is 0 Å². The van der Waals surface area contributed by atoms with Gasteiger partial charge in [-0.1, -0.05) is 0 Å². The Kier molecular flexibility index (Phi) is 4.35. The second kappa shape index (κ2) is 6.41. The van der Waals surface area contributed by atoms with E-state index < -0.39 is 0 Å². The van der Waals surface area contributed by atoms with E-state index >= 15 is 0 Å². The second-order valence-corrected chi connectivity index (χ2v) is 5.42. The van der Waals surface area contributed by atoms with Crippen molar-refractivity contribution < 1.29 is 13.9 Å². The first-order valence-electron chi connectivity index (χ1n) is 7.42. The number of morpholine rings is 1. The lowest BCUT2D eigenvalue weighted by Gasteiger charge is -2.32. The fraction of sp³-hybridized carbons (Fsp3) is 0.533. The molecular formula is C15H20N4O3. The number of aromatic nitrogens is 3. The SMILES string of the molecule is CCOc1cc(-c2nnc([C@H]3CN(C)C[C@@H](C)O3)o2)ccn1. The highest BCUT2D eigenvalue weighted by molar-refractivity contribution is 5.53. The molecule has 22 heavy (non-hydrogen) atoms. The quantitative estimate of drug-likeness (QED) is 0.854. The van der Waals surface area contributed by atoms with Crippen molar-refractivity contribution >= 4 is 0 Å². The average Bonchev–Trinajstić information content (AvgIpc) is 2.97. The summed E-state index contributed by atoms with van der Waals surface area (Å²) in [5.74, 6) is 1.49. The Morgan fingerprint density at radius 2 is 2.23 bits per heavy atom. The molecule has 118 valence electrons. The first-order valence-corrected chi connectivity index (χ1v) is 7.42. The van der Waals surface area contributed by atoms with Crippen LogP contribution in [0.3, 0.4) is 0 Å². The lowest BCUT2D eigenvalue weighted by molar-refractivity contribution is -0.0821. The molecular weight excluding hydrogens is 284 g/mol. The smallest absolute Gasteiger partial charge is 0.248 e. The first kappa shape index (κ1) is 14.9. The van der Waals surface area contributed by atoms with Crippen molar-refractivity contribution in [2.75, 3.05) is 26.7 Å². The number of nitrogens with zero attached hydrogens (tertiary/aromatic N) is 4. The Balaban J connectivity index is 1.80. The molecule has 0 spiro atoms. The number of hydrogen-bond acceptors (Lipinski definition) is 7. The molecule has 0 aromatic carbocycles. The summed E-state index contributed by atoms with van der Waals surface area (Å²) in [6, 6.07) is 3.60. The van der Waals surface area contributed by atoms with Crippen LogP contribution in [0, 0.1) is 0 Å². The number of rotatable bonds is 4. The van der Waals surface area contributed by atoms with Crippen molar-refractivity contribution in [3.8, 4) is 17.3 Å². The third kappa shape index (κ3) is 3.26. The Bertz CT molecular complexity index is 621. The van der Waals surface area contributed by atoms with E-state index in [4.69, 9.17) is 13.9 Å². The lowest BCUT2D eigenvalue weighted by Crippen LogP contribution is -2.40. The van der Waals surface area contributed by atoms with Crippen LogP contribution in [0.1, 0.15) is 25.8 Å². The van der Waals surface area contributed by atoms with Gasteiger partial charge < -0.3 is 18.8 Å². The van der Waals surface area contributed by atoms with Gasteiger partial charge in [0.1, 0.15) is 6.10 Å². The van der Waals surface area contributed by atoms with Gasteiger partial charge in [-0.2, -0.15) is 0 Å². The zero-order valence-corrected chi connectivity index (χ0v) is 13.0. The van der Waals surface area contributed by atoms with Crippen molar-refractivity contribution in [3.05, 3.63) is 24.2 Å². The zero-order valence-electron chi connectivity index (χ0n) is 13.0. The molecule has 7 heteroatoms. The van der Waals surface area contributed by atoms with E-state index in [1.165, 1.54) is 0 Å². The van der Waals surface area contributed by atoms with E-state index in [0.29, 0.717) is 24.3 Å². The van der Waals surface area contributed by atoms with Crippen LogP contribution < -0.4 is 4.74 Å². The van der Waals surface area contributed by atoms with Gasteiger partial charge in [-0.3, -0.25) is 0 Å². The van der Waals surface area contributed by atoms with Crippen molar-refractivity contribution in [2.45, 2.75) is 26.1 Å². The summed E-state index contributed by atoms with van der Waals surface area (Å²) < 4.78 is 17.0. The molecule has 0 bridgehead atoms. The molecule has 0 aliphatic carbocycles. The minimum Gasteiger partial charge on any atom is -0.478 e. The first-order chi connectivity index (χ1) is 10.7. The Morgan fingerprint density at radius 3 is 3.00 bits per heavy atom. The van der Waals surface area contributed by atoms with E-state index in [1.54, 1.807) is 12.3 Å². The number of ether oxygens (including phenoxy) is 2. The molecule has 0 saturated carbocycles. The van der Waals surface area contributed by atoms with Gasteiger partial charge in [0.15, 0.2) is 0 Å². The van der Waals surface area contributed by atoms with Crippen LogP contribution >= 0.6 is 0 Å². The normalized spacial score (nSPS) is 22.7. The van der Waals surface area contributed by atoms with Crippen LogP contribution in [0.25, 0.3) is 11.5 Å². The summed E-state index contributed by atoms with van der Waals surface area (Å²) in [6.45, 7) is 6.16. The lowest BCUT2D eigenvalue weighted by atomic mass is 10.2. The van der Waals surface area contributed by atoms with Crippen LogP contribution in [0.2, 0.25) is 0 Å². The van der Waals surface area contributed by atoms with Gasteiger partial charge in [-0.15, -0.1) is 10.2 Å². The number of pyridine rings is 1. The third-order valence-corrected chi connectivity index (χ3v) is 3.43. The summed E-state index contributed by atoms with van der Waals surface area (Å²) in [5.41, 5.74) is 0.786. The fourth-order valence-corrected chi connectivity index (χ4v) is 2.55. The Labute approximate surface area is 129 Å². The predicted octanol–water partition coefficient (Wildman–Crippen LogP) is 1.92. The molecule has 3 heterocycles. The van der Waals surface area contributed by atoms with Gasteiger partial charge in [0.2, 0.25) is 17.7 Å². The molecule has 0 amide bonds. The fourth-order valence-electron chi connectivity index (χ4n) is 2.55. The maximum Gasteiger partial charge on any atom is 0.248 e. The molecule has 0 N–H and O–H groups in total. The molecule has 1 fully saturated rings. The van der Waals surface area contributed by atoms with Gasteiger partial charge in [0, 0.05) is 30.9 Å². The minimum atomic E-state index is -0.191. The van der Waals surface area contributed by atoms with E-state index in [2.05, 4.69) is 27.1 Å². The summed E-state index contributed by atoms with van der Waals surface area (Å²) in [7, 11) is 2.06. The topological polar surface area (TPSA) is 73.5 Å². The number of hydrogen-bond donors (Lipinski definition) is 0. The molecule has 2 aromatic heterocycles. The summed E-state index contributed by atoms with van der Waals surface area (Å²) in [4.78, 5) is 6.32. The van der Waals surface area contributed by atoms with Gasteiger partial charge in [-0.25, -0.2) is 4.98 Å². The predicted molar refractivity (Wildman–Crippen MR) is 79.5 cm³/mol. The zero-order chi connectivity index (χ0) is 15.5. The summed E-state index contributed by atoms with van der Waals surface area (Å²) >= 11 is 0. The maximum absolute atomic E-state index is 5.88. The number of likely N-dealkylation sites (N-methyl/N-ethyl adjacent to an activating group) is 1. The molecule has 2 aromatic rings. The highest BCUT2D eigenvalue weighted by Gasteiger charge is 2.28. The molecule has 7 nitrogen and oxygen atoms in total. The summed E-state index contributed by atoms with van der Waals surface area (Å²) in [6.07, 6.45) is 1.62. The van der Waals surface area contributed by atoms with Crippen LogP contribution in [0.15, 0.2) is 22.7 Å². The van der Waals surface area contributed by atoms with E-state index in [9.17, 15) is 0 Å². The van der Waals surface area contributed by atoms with Gasteiger partial charge in [-0.05, 0) is 27.0 Å². The third-order valence-electron chi connectivity index (χ3n) is 3.43.